The maximum Gasteiger partial charge on any atom is 0.339 e. The maximum atomic E-state index is 12.9. The zero-order valence-corrected chi connectivity index (χ0v) is 16.2. The van der Waals surface area contributed by atoms with E-state index in [1.165, 1.54) is 7.11 Å². The molecule has 140 valence electrons. The summed E-state index contributed by atoms with van der Waals surface area (Å²) < 4.78 is 10.1. The molecule has 0 aliphatic carbocycles. The highest BCUT2D eigenvalue weighted by atomic mass is 16.5. The van der Waals surface area contributed by atoms with Gasteiger partial charge in [0.1, 0.15) is 5.75 Å². The summed E-state index contributed by atoms with van der Waals surface area (Å²) in [6, 6.07) is 7.40. The molecule has 0 aliphatic rings. The number of aromatic amines is 1. The smallest absolute Gasteiger partial charge is 0.339 e. The molecule has 6 heteroatoms. The van der Waals surface area contributed by atoms with Crippen LogP contribution in [0.3, 0.4) is 0 Å². The summed E-state index contributed by atoms with van der Waals surface area (Å²) in [7, 11) is 4.86. The number of nitrogens with zero attached hydrogens (tertiary/aromatic N) is 1. The fourth-order valence-corrected chi connectivity index (χ4v) is 3.01. The Bertz CT molecular complexity index is 810. The molecule has 0 spiro atoms. The lowest BCUT2D eigenvalue weighted by molar-refractivity contribution is 0.0599. The van der Waals surface area contributed by atoms with Gasteiger partial charge < -0.3 is 14.5 Å². The average molecular weight is 358 g/mol. The number of benzene rings is 1. The molecule has 26 heavy (non-hydrogen) atoms. The number of aromatic nitrogens is 1. The number of Topliss-reactive ketones (excluding diaryl/α,β-unsaturated/α-hetero) is 1. The Morgan fingerprint density at radius 2 is 1.92 bits per heavy atom. The number of carbonyl (C=O) groups is 2. The van der Waals surface area contributed by atoms with Crippen molar-refractivity contribution >= 4 is 11.8 Å². The Morgan fingerprint density at radius 3 is 2.54 bits per heavy atom. The van der Waals surface area contributed by atoms with E-state index < -0.39 is 5.97 Å². The number of esters is 1. The Labute approximate surface area is 154 Å². The van der Waals surface area contributed by atoms with E-state index >= 15 is 0 Å². The van der Waals surface area contributed by atoms with Crippen molar-refractivity contribution in [2.75, 3.05) is 21.3 Å². The van der Waals surface area contributed by atoms with Crippen LogP contribution in [0.15, 0.2) is 24.3 Å². The van der Waals surface area contributed by atoms with Crippen molar-refractivity contribution in [3.05, 3.63) is 52.3 Å². The zero-order valence-electron chi connectivity index (χ0n) is 16.2. The topological polar surface area (TPSA) is 71.6 Å². The van der Waals surface area contributed by atoms with Crippen molar-refractivity contribution in [3.63, 3.8) is 0 Å². The highest BCUT2D eigenvalue weighted by Crippen LogP contribution is 2.22. The van der Waals surface area contributed by atoms with E-state index in [-0.39, 0.29) is 11.8 Å². The van der Waals surface area contributed by atoms with Crippen LogP contribution in [-0.2, 0) is 11.3 Å². The highest BCUT2D eigenvalue weighted by molar-refractivity contribution is 6.03. The standard InChI is InChI=1S/C20H26N2O4/c1-12-17(20(24)26-6)13(2)21-18(12)19(23)14(3)22(4)11-15-8-7-9-16(10-15)25-5/h7-10,14,21H,11H2,1-6H3/t14-/m0/s1. The highest BCUT2D eigenvalue weighted by Gasteiger charge is 2.27. The van der Waals surface area contributed by atoms with E-state index in [1.54, 1.807) is 21.0 Å². The quantitative estimate of drug-likeness (QED) is 0.608. The molecule has 1 N–H and O–H groups in total. The first-order chi connectivity index (χ1) is 12.3. The molecule has 2 aromatic rings. The molecule has 0 saturated carbocycles. The summed E-state index contributed by atoms with van der Waals surface area (Å²) >= 11 is 0. The normalized spacial score (nSPS) is 12.1. The van der Waals surface area contributed by atoms with Crippen LogP contribution in [0.2, 0.25) is 0 Å². The van der Waals surface area contributed by atoms with Gasteiger partial charge in [-0.3, -0.25) is 9.69 Å². The maximum absolute atomic E-state index is 12.9. The monoisotopic (exact) mass is 358 g/mol. The fraction of sp³-hybridized carbons (Fsp3) is 0.400. The van der Waals surface area contributed by atoms with Gasteiger partial charge in [-0.05, 0) is 51.1 Å². The molecule has 0 fully saturated rings. The van der Waals surface area contributed by atoms with Crippen LogP contribution in [-0.4, -0.2) is 48.9 Å². The van der Waals surface area contributed by atoms with E-state index in [0.29, 0.717) is 29.1 Å². The first kappa shape index (κ1) is 19.7. The molecule has 0 radical (unpaired) electrons. The third-order valence-corrected chi connectivity index (χ3v) is 4.68. The van der Waals surface area contributed by atoms with Crippen LogP contribution in [0.4, 0.5) is 0 Å². The van der Waals surface area contributed by atoms with Crippen LogP contribution < -0.4 is 4.74 Å². The molecule has 0 bridgehead atoms. The molecule has 1 heterocycles. The summed E-state index contributed by atoms with van der Waals surface area (Å²) in [6.45, 7) is 5.99. The Kier molecular flexibility index (Phi) is 6.21. The number of ketones is 1. The minimum atomic E-state index is -0.437. The summed E-state index contributed by atoms with van der Waals surface area (Å²) in [4.78, 5) is 29.9. The van der Waals surface area contributed by atoms with E-state index in [9.17, 15) is 9.59 Å². The number of H-pyrrole nitrogens is 1. The second-order valence-electron chi connectivity index (χ2n) is 6.42. The van der Waals surface area contributed by atoms with Crippen LogP contribution in [0.25, 0.3) is 0 Å². The zero-order chi connectivity index (χ0) is 19.4. The lowest BCUT2D eigenvalue weighted by Gasteiger charge is -2.23. The first-order valence-electron chi connectivity index (χ1n) is 8.45. The molecule has 0 saturated heterocycles. The van der Waals surface area contributed by atoms with Crippen LogP contribution >= 0.6 is 0 Å². The minimum Gasteiger partial charge on any atom is -0.497 e. The van der Waals surface area contributed by atoms with Gasteiger partial charge >= 0.3 is 5.97 Å². The second kappa shape index (κ2) is 8.19. The van der Waals surface area contributed by atoms with Crippen molar-refractivity contribution < 1.29 is 19.1 Å². The number of likely N-dealkylation sites (N-methyl/N-ethyl adjacent to an activating group) is 1. The number of aryl methyl sites for hydroxylation is 1. The molecule has 1 aromatic carbocycles. The number of hydrogen-bond acceptors (Lipinski definition) is 5. The Morgan fingerprint density at radius 1 is 1.23 bits per heavy atom. The molecular formula is C20H26N2O4. The lowest BCUT2D eigenvalue weighted by Crippen LogP contribution is -2.36. The van der Waals surface area contributed by atoms with Gasteiger partial charge in [0, 0.05) is 12.2 Å². The number of nitrogens with one attached hydrogen (secondary N) is 1. The van der Waals surface area contributed by atoms with E-state index in [2.05, 4.69) is 4.98 Å². The molecular weight excluding hydrogens is 332 g/mol. The van der Waals surface area contributed by atoms with Crippen molar-refractivity contribution in [2.45, 2.75) is 33.4 Å². The van der Waals surface area contributed by atoms with Gasteiger partial charge in [-0.15, -0.1) is 0 Å². The minimum absolute atomic E-state index is 0.0638. The Hall–Kier alpha value is -2.60. The van der Waals surface area contributed by atoms with Gasteiger partial charge in [0.2, 0.25) is 0 Å². The summed E-state index contributed by atoms with van der Waals surface area (Å²) in [6.07, 6.45) is 0. The number of rotatable bonds is 7. The number of carbonyl (C=O) groups excluding carboxylic acids is 2. The molecule has 0 aliphatic heterocycles. The number of methoxy groups -OCH3 is 2. The third kappa shape index (κ3) is 3.96. The van der Waals surface area contributed by atoms with Gasteiger partial charge in [-0.1, -0.05) is 12.1 Å². The van der Waals surface area contributed by atoms with Gasteiger partial charge in [-0.2, -0.15) is 0 Å². The van der Waals surface area contributed by atoms with E-state index in [1.807, 2.05) is 43.1 Å². The van der Waals surface area contributed by atoms with Crippen LogP contribution in [0.1, 0.15) is 44.6 Å². The first-order valence-corrected chi connectivity index (χ1v) is 8.45. The average Bonchev–Trinajstić information content (AvgIpc) is 2.94. The predicted octanol–water partition coefficient (Wildman–Crippen LogP) is 3.13. The molecule has 1 atom stereocenters. The lowest BCUT2D eigenvalue weighted by atomic mass is 10.0. The number of ether oxygens (including phenoxy) is 2. The fourth-order valence-electron chi connectivity index (χ4n) is 3.01. The van der Waals surface area contributed by atoms with Gasteiger partial charge in [0.05, 0.1) is 31.5 Å². The van der Waals surface area contributed by atoms with Gasteiger partial charge in [0.25, 0.3) is 0 Å². The third-order valence-electron chi connectivity index (χ3n) is 4.68. The summed E-state index contributed by atoms with van der Waals surface area (Å²) in [5.74, 6) is 0.285. The van der Waals surface area contributed by atoms with Gasteiger partial charge in [0.15, 0.2) is 5.78 Å². The van der Waals surface area contributed by atoms with Crippen LogP contribution in [0, 0.1) is 13.8 Å². The van der Waals surface area contributed by atoms with E-state index in [0.717, 1.165) is 11.3 Å². The SMILES string of the molecule is COC(=O)c1c(C)[nH]c(C(=O)[C@H](C)N(C)Cc2cccc(OC)c2)c1C. The van der Waals surface area contributed by atoms with Crippen molar-refractivity contribution in [3.8, 4) is 5.75 Å². The van der Waals surface area contributed by atoms with Crippen molar-refractivity contribution in [1.29, 1.82) is 0 Å². The van der Waals surface area contributed by atoms with Gasteiger partial charge in [-0.25, -0.2) is 4.79 Å². The van der Waals surface area contributed by atoms with Crippen molar-refractivity contribution in [1.82, 2.24) is 9.88 Å². The number of hydrogen-bond donors (Lipinski definition) is 1. The summed E-state index contributed by atoms with van der Waals surface area (Å²) in [5, 5.41) is 0. The van der Waals surface area contributed by atoms with E-state index in [4.69, 9.17) is 9.47 Å². The predicted molar refractivity (Wildman–Crippen MR) is 99.9 cm³/mol. The largest absolute Gasteiger partial charge is 0.497 e. The Balaban J connectivity index is 2.19. The molecule has 1 aromatic heterocycles. The molecule has 2 rings (SSSR count). The second-order valence-corrected chi connectivity index (χ2v) is 6.42. The van der Waals surface area contributed by atoms with Crippen LogP contribution in [0.5, 0.6) is 5.75 Å². The molecule has 0 amide bonds. The molecule has 6 nitrogen and oxygen atoms in total. The summed E-state index contributed by atoms with van der Waals surface area (Å²) in [5.41, 5.74) is 3.20. The van der Waals surface area contributed by atoms with Crippen molar-refractivity contribution in [2.24, 2.45) is 0 Å². The molecule has 0 unspecified atom stereocenters.